The Kier molecular flexibility index (Phi) is 9.19. The number of nitrogens with zero attached hydrogens (tertiary/aromatic N) is 3. The third-order valence-electron chi connectivity index (χ3n) is 8.51. The summed E-state index contributed by atoms with van der Waals surface area (Å²) in [4.78, 5) is 45.8. The molecule has 3 N–H and O–H groups in total. The van der Waals surface area contributed by atoms with Gasteiger partial charge in [0.05, 0.1) is 31.3 Å². The van der Waals surface area contributed by atoms with Crippen LogP contribution in [-0.4, -0.2) is 125 Å². The number of ether oxygens (including phenoxy) is 2. The molecule has 42 heavy (non-hydrogen) atoms. The van der Waals surface area contributed by atoms with Crippen molar-refractivity contribution in [3.8, 4) is 0 Å². The average Bonchev–Trinajstić information content (AvgIpc) is 3.43. The van der Waals surface area contributed by atoms with Crippen molar-refractivity contribution in [2.45, 2.75) is 89.2 Å². The van der Waals surface area contributed by atoms with Crippen LogP contribution in [0.3, 0.4) is 0 Å². The highest BCUT2D eigenvalue weighted by Crippen LogP contribution is 2.29. The number of carbonyl (C=O) groups excluding carboxylic acids is 3. The Morgan fingerprint density at radius 1 is 1.05 bits per heavy atom. The van der Waals surface area contributed by atoms with Crippen LogP contribution in [0.5, 0.6) is 0 Å². The van der Waals surface area contributed by atoms with E-state index >= 15 is 0 Å². The van der Waals surface area contributed by atoms with Crippen molar-refractivity contribution < 1.29 is 38.5 Å². The minimum Gasteiger partial charge on any atom is -0.388 e. The highest BCUT2D eigenvalue weighted by Gasteiger charge is 2.46. The molecule has 11 nitrogen and oxygen atoms in total. The van der Waals surface area contributed by atoms with Crippen LogP contribution in [0.1, 0.15) is 45.6 Å². The van der Waals surface area contributed by atoms with Gasteiger partial charge in [-0.05, 0) is 29.5 Å². The summed E-state index contributed by atoms with van der Waals surface area (Å²) >= 11 is 0. The Balaban J connectivity index is 1.41. The maximum absolute atomic E-state index is 13.9. The predicted octanol–water partition coefficient (Wildman–Crippen LogP) is 0.270. The number of halogens is 1. The topological polar surface area (TPSA) is 132 Å². The van der Waals surface area contributed by atoms with Crippen LogP contribution in [0.15, 0.2) is 24.3 Å². The first kappa shape index (κ1) is 30.8. The Morgan fingerprint density at radius 3 is 2.48 bits per heavy atom. The van der Waals surface area contributed by atoms with E-state index in [0.717, 1.165) is 5.56 Å². The zero-order valence-corrected chi connectivity index (χ0v) is 24.6. The van der Waals surface area contributed by atoms with E-state index in [2.05, 4.69) is 5.32 Å². The Labute approximate surface area is 245 Å². The van der Waals surface area contributed by atoms with Gasteiger partial charge in [0.2, 0.25) is 17.7 Å². The molecule has 0 aromatic heterocycles. The van der Waals surface area contributed by atoms with E-state index in [-0.39, 0.29) is 67.5 Å². The third-order valence-corrected chi connectivity index (χ3v) is 8.51. The molecule has 5 rings (SSSR count). The van der Waals surface area contributed by atoms with E-state index in [1.54, 1.807) is 21.9 Å². The number of rotatable bonds is 3. The number of nitrogens with one attached hydrogen (secondary N) is 1. The minimum absolute atomic E-state index is 0.0236. The molecule has 0 radical (unpaired) electrons. The molecular formula is C30H43FN4O7. The molecule has 4 aliphatic rings. The molecule has 0 unspecified atom stereocenters. The van der Waals surface area contributed by atoms with E-state index < -0.39 is 36.6 Å². The number of carbonyl (C=O) groups is 3. The highest BCUT2D eigenvalue weighted by atomic mass is 19.1. The van der Waals surface area contributed by atoms with Crippen molar-refractivity contribution in [3.63, 3.8) is 0 Å². The first-order valence-electron chi connectivity index (χ1n) is 14.8. The predicted molar refractivity (Wildman–Crippen MR) is 149 cm³/mol. The summed E-state index contributed by atoms with van der Waals surface area (Å²) in [6, 6.07) is 5.32. The van der Waals surface area contributed by atoms with Crippen LogP contribution >= 0.6 is 0 Å². The van der Waals surface area contributed by atoms with Crippen LogP contribution in [0.4, 0.5) is 4.39 Å². The number of benzene rings is 1. The first-order valence-corrected chi connectivity index (χ1v) is 14.8. The van der Waals surface area contributed by atoms with Gasteiger partial charge in [-0.3, -0.25) is 19.3 Å². The summed E-state index contributed by atoms with van der Waals surface area (Å²) < 4.78 is 25.5. The van der Waals surface area contributed by atoms with Crippen LogP contribution in [-0.2, 0) is 30.4 Å². The molecule has 1 aromatic carbocycles. The van der Waals surface area contributed by atoms with Gasteiger partial charge in [-0.15, -0.1) is 0 Å². The zero-order chi connectivity index (χ0) is 30.2. The molecule has 0 spiro atoms. The second kappa shape index (κ2) is 12.5. The van der Waals surface area contributed by atoms with Crippen LogP contribution in [0.2, 0.25) is 0 Å². The standard InChI is InChI=1S/C30H43FN4O7/c1-30(2,3)12-26(37)35-16-21-15-33(8-9-41-21)29(40)22-10-20(14-34(22)13-18-4-6-19(31)7-5-18)32-25(36)11-23-27(38)28(39)24(17-35)42-23/h4-7,20-24,27-28,38-39H,8-17H2,1-3H3,(H,32,36)/t20-,21-,22-,23-,24+,27-,28+/m0/s1. The van der Waals surface area contributed by atoms with Crippen molar-refractivity contribution in [1.29, 1.82) is 0 Å². The van der Waals surface area contributed by atoms with Gasteiger partial charge in [0.1, 0.15) is 24.1 Å². The van der Waals surface area contributed by atoms with Gasteiger partial charge < -0.3 is 34.8 Å². The maximum atomic E-state index is 13.9. The number of hydrogen-bond acceptors (Lipinski definition) is 8. The molecule has 4 heterocycles. The summed E-state index contributed by atoms with van der Waals surface area (Å²) in [5, 5.41) is 24.5. The number of amides is 3. The third kappa shape index (κ3) is 7.28. The quantitative estimate of drug-likeness (QED) is 0.457. The second-order valence-electron chi connectivity index (χ2n) is 13.3. The van der Waals surface area contributed by atoms with Crippen molar-refractivity contribution in [2.24, 2.45) is 5.41 Å². The number of likely N-dealkylation sites (tertiary alicyclic amines) is 1. The minimum atomic E-state index is -1.29. The molecule has 4 saturated heterocycles. The normalized spacial score (nSPS) is 33.1. The second-order valence-corrected chi connectivity index (χ2v) is 13.3. The van der Waals surface area contributed by atoms with E-state index in [1.807, 2.05) is 25.7 Å². The van der Waals surface area contributed by atoms with Crippen molar-refractivity contribution in [1.82, 2.24) is 20.0 Å². The number of aliphatic hydroxyl groups excluding tert-OH is 2. The molecule has 4 fully saturated rings. The number of morpholine rings is 1. The fraction of sp³-hybridized carbons (Fsp3) is 0.700. The highest BCUT2D eigenvalue weighted by molar-refractivity contribution is 5.83. The largest absolute Gasteiger partial charge is 0.388 e. The van der Waals surface area contributed by atoms with E-state index in [1.165, 1.54) is 12.1 Å². The van der Waals surface area contributed by atoms with E-state index in [0.29, 0.717) is 32.7 Å². The van der Waals surface area contributed by atoms with Crippen molar-refractivity contribution in [2.75, 3.05) is 39.3 Å². The molecule has 0 aliphatic carbocycles. The number of fused-ring (bicyclic) bond motifs is 6. The van der Waals surface area contributed by atoms with Gasteiger partial charge in [-0.2, -0.15) is 0 Å². The van der Waals surface area contributed by atoms with Crippen LogP contribution in [0, 0.1) is 11.2 Å². The maximum Gasteiger partial charge on any atom is 0.240 e. The Hall–Kier alpha value is -2.64. The van der Waals surface area contributed by atoms with Gasteiger partial charge in [-0.1, -0.05) is 32.9 Å². The van der Waals surface area contributed by atoms with Crippen molar-refractivity contribution in [3.05, 3.63) is 35.6 Å². The van der Waals surface area contributed by atoms with Gasteiger partial charge in [0.25, 0.3) is 0 Å². The fourth-order valence-corrected chi connectivity index (χ4v) is 6.43. The number of aliphatic hydroxyl groups is 2. The molecule has 232 valence electrons. The lowest BCUT2D eigenvalue weighted by atomic mass is 9.91. The number of hydrogen-bond donors (Lipinski definition) is 3. The molecule has 6 bridgehead atoms. The van der Waals surface area contributed by atoms with Crippen molar-refractivity contribution >= 4 is 17.7 Å². The zero-order valence-electron chi connectivity index (χ0n) is 24.6. The molecule has 7 atom stereocenters. The van der Waals surface area contributed by atoms with Gasteiger partial charge >= 0.3 is 0 Å². The van der Waals surface area contributed by atoms with Gasteiger partial charge in [-0.25, -0.2) is 4.39 Å². The lowest BCUT2D eigenvalue weighted by Gasteiger charge is -2.39. The van der Waals surface area contributed by atoms with Crippen LogP contribution < -0.4 is 5.32 Å². The van der Waals surface area contributed by atoms with Gasteiger partial charge in [0, 0.05) is 51.7 Å². The van der Waals surface area contributed by atoms with E-state index in [9.17, 15) is 29.0 Å². The first-order chi connectivity index (χ1) is 19.9. The van der Waals surface area contributed by atoms with Gasteiger partial charge in [0.15, 0.2) is 0 Å². The monoisotopic (exact) mass is 590 g/mol. The SMILES string of the molecule is CC(C)(C)CC(=O)N1C[C@@H]2CN(CCO2)C(=O)[C@@H]2C[C@@H](CN2Cc2ccc(F)cc2)NC(=O)C[C@@H]2O[C@H](C1)[C@@H](O)[C@H]2O. The lowest BCUT2D eigenvalue weighted by molar-refractivity contribution is -0.148. The molecule has 1 aromatic rings. The Morgan fingerprint density at radius 2 is 1.76 bits per heavy atom. The summed E-state index contributed by atoms with van der Waals surface area (Å²) in [7, 11) is 0. The lowest BCUT2D eigenvalue weighted by Crippen LogP contribution is -2.55. The molecular weight excluding hydrogens is 547 g/mol. The summed E-state index contributed by atoms with van der Waals surface area (Å²) in [5.74, 6) is -0.915. The molecule has 3 amide bonds. The summed E-state index contributed by atoms with van der Waals surface area (Å²) in [5.41, 5.74) is 0.562. The fourth-order valence-electron chi connectivity index (χ4n) is 6.43. The smallest absolute Gasteiger partial charge is 0.240 e. The molecule has 4 aliphatic heterocycles. The average molecular weight is 591 g/mol. The summed E-state index contributed by atoms with van der Waals surface area (Å²) in [6.45, 7) is 7.93. The molecule has 0 saturated carbocycles. The van der Waals surface area contributed by atoms with Crippen LogP contribution in [0.25, 0.3) is 0 Å². The summed E-state index contributed by atoms with van der Waals surface area (Å²) in [6.07, 6.45) is -4.34. The Bertz CT molecular complexity index is 1150. The molecule has 12 heteroatoms. The van der Waals surface area contributed by atoms with E-state index in [4.69, 9.17) is 9.47 Å².